The van der Waals surface area contributed by atoms with Gasteiger partial charge in [-0.1, -0.05) is 114 Å². The highest BCUT2D eigenvalue weighted by Crippen LogP contribution is 2.51. The van der Waals surface area contributed by atoms with E-state index in [0.717, 1.165) is 27.8 Å². The summed E-state index contributed by atoms with van der Waals surface area (Å²) in [6, 6.07) is 28.1. The minimum Gasteiger partial charge on any atom is -0.169 e. The van der Waals surface area contributed by atoms with Gasteiger partial charge in [0.15, 0.2) is 0 Å². The van der Waals surface area contributed by atoms with Crippen molar-refractivity contribution in [2.75, 3.05) is 0 Å². The maximum atomic E-state index is 15.1. The van der Waals surface area contributed by atoms with E-state index >= 15 is 13.2 Å². The molecule has 0 heterocycles. The zero-order valence-corrected chi connectivity index (χ0v) is 18.4. The van der Waals surface area contributed by atoms with Crippen molar-refractivity contribution in [2.24, 2.45) is 0 Å². The highest BCUT2D eigenvalue weighted by Gasteiger charge is 2.58. The van der Waals surface area contributed by atoms with Crippen LogP contribution in [0.25, 0.3) is 11.1 Å². The molecular weight excluding hydrogens is 405 g/mol. The summed E-state index contributed by atoms with van der Waals surface area (Å²) in [5.41, 5.74) is 3.20. The van der Waals surface area contributed by atoms with Crippen molar-refractivity contribution >= 4 is 0 Å². The van der Waals surface area contributed by atoms with Crippen LogP contribution >= 0.6 is 0 Å². The Bertz CT molecular complexity index is 1140. The van der Waals surface area contributed by atoms with Gasteiger partial charge in [0.1, 0.15) is 5.41 Å². The first-order valence-electron chi connectivity index (χ1n) is 10.6. The maximum Gasteiger partial charge on any atom is 0.406 e. The van der Waals surface area contributed by atoms with Crippen LogP contribution < -0.4 is 0 Å². The molecule has 4 rings (SSSR count). The van der Waals surface area contributed by atoms with Crippen LogP contribution in [0.1, 0.15) is 33.4 Å². The Kier molecular flexibility index (Phi) is 5.68. The molecule has 32 heavy (non-hydrogen) atoms. The minimum atomic E-state index is -4.54. The van der Waals surface area contributed by atoms with Crippen LogP contribution in [0.2, 0.25) is 0 Å². The van der Waals surface area contributed by atoms with Gasteiger partial charge in [-0.15, -0.1) is 0 Å². The van der Waals surface area contributed by atoms with Crippen molar-refractivity contribution in [1.82, 2.24) is 0 Å². The topological polar surface area (TPSA) is 0 Å². The standard InChI is InChI=1S/C29H25F3/c1-20-4-10-23(11-5-20)24-12-18-27(19-13-24)28(29(30,31)32,25-14-6-21(2)7-15-25)26-16-8-22(3)9-17-26/h4-19H,1-3H3. The van der Waals surface area contributed by atoms with E-state index in [1.807, 2.05) is 45.0 Å². The summed E-state index contributed by atoms with van der Waals surface area (Å²) in [6.45, 7) is 5.76. The molecular formula is C29H25F3. The van der Waals surface area contributed by atoms with Crippen LogP contribution in [-0.2, 0) is 5.41 Å². The van der Waals surface area contributed by atoms with Crippen LogP contribution in [-0.4, -0.2) is 6.18 Å². The molecule has 0 spiro atoms. The van der Waals surface area contributed by atoms with Crippen LogP contribution in [0.15, 0.2) is 97.1 Å². The van der Waals surface area contributed by atoms with E-state index in [1.165, 1.54) is 0 Å². The van der Waals surface area contributed by atoms with Gasteiger partial charge in [0.2, 0.25) is 0 Å². The Morgan fingerprint density at radius 3 is 0.969 bits per heavy atom. The molecule has 0 unspecified atom stereocenters. The molecule has 4 aromatic rings. The summed E-state index contributed by atoms with van der Waals surface area (Å²) in [7, 11) is 0. The van der Waals surface area contributed by atoms with E-state index in [9.17, 15) is 0 Å². The number of benzene rings is 4. The van der Waals surface area contributed by atoms with Gasteiger partial charge in [0, 0.05) is 0 Å². The van der Waals surface area contributed by atoms with Crippen molar-refractivity contribution in [3.05, 3.63) is 130 Å². The summed E-state index contributed by atoms with van der Waals surface area (Å²) in [4.78, 5) is 0. The molecule has 0 aliphatic heterocycles. The van der Waals surface area contributed by atoms with Crippen molar-refractivity contribution in [3.63, 3.8) is 0 Å². The van der Waals surface area contributed by atoms with E-state index in [4.69, 9.17) is 0 Å². The summed E-state index contributed by atoms with van der Waals surface area (Å²) in [6.07, 6.45) is -4.54. The molecule has 4 aromatic carbocycles. The van der Waals surface area contributed by atoms with Crippen LogP contribution in [0, 0.1) is 20.8 Å². The van der Waals surface area contributed by atoms with Gasteiger partial charge in [-0.2, -0.15) is 13.2 Å². The molecule has 0 atom stereocenters. The molecule has 0 N–H and O–H groups in total. The van der Waals surface area contributed by atoms with Gasteiger partial charge >= 0.3 is 6.18 Å². The lowest BCUT2D eigenvalue weighted by Gasteiger charge is -2.38. The fourth-order valence-corrected chi connectivity index (χ4v) is 4.26. The smallest absolute Gasteiger partial charge is 0.169 e. The number of hydrogen-bond donors (Lipinski definition) is 0. The molecule has 0 amide bonds. The lowest BCUT2D eigenvalue weighted by Crippen LogP contribution is -2.44. The van der Waals surface area contributed by atoms with E-state index < -0.39 is 11.6 Å². The van der Waals surface area contributed by atoms with Crippen molar-refractivity contribution in [2.45, 2.75) is 32.4 Å². The zero-order valence-electron chi connectivity index (χ0n) is 18.4. The molecule has 0 aliphatic rings. The van der Waals surface area contributed by atoms with E-state index in [0.29, 0.717) is 0 Å². The fraction of sp³-hybridized carbons (Fsp3) is 0.172. The molecule has 162 valence electrons. The Balaban J connectivity index is 1.95. The molecule has 0 radical (unpaired) electrons. The molecule has 3 heteroatoms. The highest BCUT2D eigenvalue weighted by molar-refractivity contribution is 5.65. The van der Waals surface area contributed by atoms with Gasteiger partial charge in [0.05, 0.1) is 0 Å². The highest BCUT2D eigenvalue weighted by atomic mass is 19.4. The van der Waals surface area contributed by atoms with Crippen molar-refractivity contribution < 1.29 is 13.2 Å². The molecule has 0 aromatic heterocycles. The summed E-state index contributed by atoms with van der Waals surface area (Å²) >= 11 is 0. The second kappa shape index (κ2) is 8.31. The van der Waals surface area contributed by atoms with Gasteiger partial charge in [-0.3, -0.25) is 0 Å². The third kappa shape index (κ3) is 3.84. The molecule has 0 fully saturated rings. The Morgan fingerprint density at radius 1 is 0.406 bits per heavy atom. The van der Waals surface area contributed by atoms with Crippen LogP contribution in [0.5, 0.6) is 0 Å². The molecule has 0 aliphatic carbocycles. The Hall–Kier alpha value is -3.33. The first kappa shape index (κ1) is 21.9. The van der Waals surface area contributed by atoms with Gasteiger partial charge in [0.25, 0.3) is 0 Å². The average molecular weight is 431 g/mol. The predicted molar refractivity (Wildman–Crippen MR) is 125 cm³/mol. The van der Waals surface area contributed by atoms with Crippen molar-refractivity contribution in [1.29, 1.82) is 0 Å². The number of halogens is 3. The predicted octanol–water partition coefficient (Wildman–Crippen LogP) is 8.18. The van der Waals surface area contributed by atoms with E-state index in [-0.39, 0.29) is 16.7 Å². The molecule has 0 nitrogen and oxygen atoms in total. The van der Waals surface area contributed by atoms with E-state index in [1.54, 1.807) is 72.8 Å². The lowest BCUT2D eigenvalue weighted by atomic mass is 9.68. The number of alkyl halides is 3. The quantitative estimate of drug-likeness (QED) is 0.286. The summed E-state index contributed by atoms with van der Waals surface area (Å²) < 4.78 is 45.3. The first-order valence-corrected chi connectivity index (χ1v) is 10.6. The number of rotatable bonds is 4. The normalized spacial score (nSPS) is 12.1. The molecule has 0 saturated carbocycles. The second-order valence-corrected chi connectivity index (χ2v) is 8.42. The first-order chi connectivity index (χ1) is 15.2. The van der Waals surface area contributed by atoms with Gasteiger partial charge in [-0.05, 0) is 48.6 Å². The van der Waals surface area contributed by atoms with Crippen LogP contribution in [0.3, 0.4) is 0 Å². The SMILES string of the molecule is Cc1ccc(-c2ccc(C(c3ccc(C)cc3)(c3ccc(C)cc3)C(F)(F)F)cc2)cc1. The Labute approximate surface area is 187 Å². The average Bonchev–Trinajstić information content (AvgIpc) is 2.77. The second-order valence-electron chi connectivity index (χ2n) is 8.42. The molecule has 0 saturated heterocycles. The van der Waals surface area contributed by atoms with Gasteiger partial charge < -0.3 is 0 Å². The third-order valence-electron chi connectivity index (χ3n) is 6.10. The maximum absolute atomic E-state index is 15.1. The largest absolute Gasteiger partial charge is 0.406 e. The number of hydrogen-bond acceptors (Lipinski definition) is 0. The van der Waals surface area contributed by atoms with Crippen molar-refractivity contribution in [3.8, 4) is 11.1 Å². The zero-order chi connectivity index (χ0) is 22.9. The van der Waals surface area contributed by atoms with Gasteiger partial charge in [-0.25, -0.2) is 0 Å². The lowest BCUT2D eigenvalue weighted by molar-refractivity contribution is -0.166. The van der Waals surface area contributed by atoms with E-state index in [2.05, 4.69) is 0 Å². The summed E-state index contributed by atoms with van der Waals surface area (Å²) in [5, 5.41) is 0. The Morgan fingerprint density at radius 2 is 0.656 bits per heavy atom. The monoisotopic (exact) mass is 430 g/mol. The van der Waals surface area contributed by atoms with Crippen LogP contribution in [0.4, 0.5) is 13.2 Å². The number of aryl methyl sites for hydroxylation is 3. The fourth-order valence-electron chi connectivity index (χ4n) is 4.26. The summed E-state index contributed by atoms with van der Waals surface area (Å²) in [5.74, 6) is 0. The minimum absolute atomic E-state index is 0.202. The molecule has 0 bridgehead atoms. The third-order valence-corrected chi connectivity index (χ3v) is 6.10.